The van der Waals surface area contributed by atoms with Gasteiger partial charge in [-0.3, -0.25) is 0 Å². The molecule has 0 radical (unpaired) electrons. The Morgan fingerprint density at radius 3 is 2.85 bits per heavy atom. The SMILES string of the molecule is Fc1cc(F)c2nc(CCl)n(CCc3cscn3)c2c1. The molecule has 1 aromatic carbocycles. The number of alkyl halides is 1. The highest BCUT2D eigenvalue weighted by Crippen LogP contribution is 2.22. The minimum atomic E-state index is -0.668. The lowest BCUT2D eigenvalue weighted by Crippen LogP contribution is -2.05. The molecule has 3 nitrogen and oxygen atoms in total. The average molecular weight is 314 g/mol. The Hall–Kier alpha value is -1.53. The fourth-order valence-electron chi connectivity index (χ4n) is 2.14. The molecule has 7 heteroatoms. The third-order valence-electron chi connectivity index (χ3n) is 3.05. The van der Waals surface area contributed by atoms with Crippen molar-refractivity contribution < 1.29 is 8.78 Å². The molecule has 0 N–H and O–H groups in total. The highest BCUT2D eigenvalue weighted by atomic mass is 35.5. The van der Waals surface area contributed by atoms with Crippen molar-refractivity contribution in [2.24, 2.45) is 0 Å². The van der Waals surface area contributed by atoms with E-state index in [2.05, 4.69) is 9.97 Å². The van der Waals surface area contributed by atoms with E-state index in [1.165, 1.54) is 17.4 Å². The standard InChI is InChI=1S/C13H10ClF2N3S/c14-5-12-18-13-10(16)3-8(15)4-11(13)19(12)2-1-9-6-20-7-17-9/h3-4,6-7H,1-2,5H2. The number of fused-ring (bicyclic) bond motifs is 1. The second-order valence-electron chi connectivity index (χ2n) is 4.30. The number of thiazole rings is 1. The summed E-state index contributed by atoms with van der Waals surface area (Å²) in [5, 5.41) is 1.95. The van der Waals surface area contributed by atoms with Crippen molar-refractivity contribution in [2.75, 3.05) is 0 Å². The van der Waals surface area contributed by atoms with Crippen molar-refractivity contribution >= 4 is 34.0 Å². The number of nitrogens with zero attached hydrogens (tertiary/aromatic N) is 3. The first-order valence-corrected chi connectivity index (χ1v) is 7.44. The number of aryl methyl sites for hydroxylation is 2. The Morgan fingerprint density at radius 2 is 2.15 bits per heavy atom. The van der Waals surface area contributed by atoms with Crippen LogP contribution in [-0.4, -0.2) is 14.5 Å². The molecule has 0 bridgehead atoms. The van der Waals surface area contributed by atoms with Crippen molar-refractivity contribution in [2.45, 2.75) is 18.8 Å². The summed E-state index contributed by atoms with van der Waals surface area (Å²) in [5.74, 6) is -0.613. The molecule has 2 aromatic heterocycles. The molecule has 0 saturated carbocycles. The van der Waals surface area contributed by atoms with Gasteiger partial charge in [0.05, 0.1) is 22.6 Å². The lowest BCUT2D eigenvalue weighted by molar-refractivity contribution is 0.589. The van der Waals surface area contributed by atoms with E-state index in [9.17, 15) is 8.78 Å². The van der Waals surface area contributed by atoms with Crippen LogP contribution in [-0.2, 0) is 18.8 Å². The molecule has 3 aromatic rings. The van der Waals surface area contributed by atoms with Crippen LogP contribution in [0.5, 0.6) is 0 Å². The summed E-state index contributed by atoms with van der Waals surface area (Å²) in [6.45, 7) is 0.533. The van der Waals surface area contributed by atoms with E-state index in [4.69, 9.17) is 11.6 Å². The minimum absolute atomic E-state index is 0.146. The van der Waals surface area contributed by atoms with Crippen LogP contribution >= 0.6 is 22.9 Å². The second kappa shape index (κ2) is 5.46. The number of hydrogen-bond acceptors (Lipinski definition) is 3. The summed E-state index contributed by atoms with van der Waals surface area (Å²) in [5.41, 5.74) is 3.27. The Bertz CT molecular complexity index is 740. The lowest BCUT2D eigenvalue weighted by Gasteiger charge is -2.06. The van der Waals surface area contributed by atoms with Crippen LogP contribution in [0, 0.1) is 11.6 Å². The van der Waals surface area contributed by atoms with Crippen LogP contribution in [0.2, 0.25) is 0 Å². The number of rotatable bonds is 4. The van der Waals surface area contributed by atoms with E-state index in [-0.39, 0.29) is 11.4 Å². The van der Waals surface area contributed by atoms with Gasteiger partial charge >= 0.3 is 0 Å². The monoisotopic (exact) mass is 313 g/mol. The van der Waals surface area contributed by atoms with Crippen LogP contribution in [0.4, 0.5) is 8.78 Å². The zero-order valence-electron chi connectivity index (χ0n) is 10.3. The molecule has 0 fully saturated rings. The molecular weight excluding hydrogens is 304 g/mol. The van der Waals surface area contributed by atoms with Gasteiger partial charge in [-0.2, -0.15) is 0 Å². The molecule has 2 heterocycles. The number of aromatic nitrogens is 3. The van der Waals surface area contributed by atoms with Crippen LogP contribution in [0.1, 0.15) is 11.5 Å². The first kappa shape index (κ1) is 13.5. The molecule has 0 atom stereocenters. The molecule has 3 rings (SSSR count). The molecule has 0 aliphatic heterocycles. The maximum atomic E-state index is 13.7. The van der Waals surface area contributed by atoms with E-state index >= 15 is 0 Å². The molecule has 0 saturated heterocycles. The van der Waals surface area contributed by atoms with Gasteiger partial charge in [0.2, 0.25) is 0 Å². The number of halogens is 3. The van der Waals surface area contributed by atoms with Crippen molar-refractivity contribution in [1.82, 2.24) is 14.5 Å². The van der Waals surface area contributed by atoms with E-state index in [1.807, 2.05) is 5.38 Å². The molecule has 104 valence electrons. The molecule has 0 spiro atoms. The molecule has 0 unspecified atom stereocenters. The lowest BCUT2D eigenvalue weighted by atomic mass is 10.2. The largest absolute Gasteiger partial charge is 0.326 e. The number of hydrogen-bond donors (Lipinski definition) is 0. The smallest absolute Gasteiger partial charge is 0.153 e. The minimum Gasteiger partial charge on any atom is -0.326 e. The van der Waals surface area contributed by atoms with Gasteiger partial charge in [0, 0.05) is 24.4 Å². The number of imidazole rings is 1. The normalized spacial score (nSPS) is 11.3. The van der Waals surface area contributed by atoms with Crippen molar-refractivity contribution in [1.29, 1.82) is 0 Å². The average Bonchev–Trinajstić information content (AvgIpc) is 3.03. The summed E-state index contributed by atoms with van der Waals surface area (Å²) in [6, 6.07) is 2.11. The Kier molecular flexibility index (Phi) is 3.67. The van der Waals surface area contributed by atoms with Gasteiger partial charge in [0.1, 0.15) is 17.2 Å². The summed E-state index contributed by atoms with van der Waals surface area (Å²) < 4.78 is 28.8. The first-order chi connectivity index (χ1) is 9.69. The molecule has 20 heavy (non-hydrogen) atoms. The van der Waals surface area contributed by atoms with E-state index in [0.29, 0.717) is 24.3 Å². The van der Waals surface area contributed by atoms with Gasteiger partial charge < -0.3 is 4.57 Å². The molecule has 0 aliphatic carbocycles. The fraction of sp³-hybridized carbons (Fsp3) is 0.231. The van der Waals surface area contributed by atoms with Gasteiger partial charge in [0.15, 0.2) is 5.82 Å². The van der Waals surface area contributed by atoms with E-state index < -0.39 is 11.6 Å². The maximum Gasteiger partial charge on any atom is 0.153 e. The summed E-state index contributed by atoms with van der Waals surface area (Å²) in [7, 11) is 0. The summed E-state index contributed by atoms with van der Waals surface area (Å²) in [6.07, 6.45) is 0.664. The fourth-order valence-corrected chi connectivity index (χ4v) is 2.93. The summed E-state index contributed by atoms with van der Waals surface area (Å²) in [4.78, 5) is 8.33. The van der Waals surface area contributed by atoms with Crippen molar-refractivity contribution in [3.63, 3.8) is 0 Å². The van der Waals surface area contributed by atoms with E-state index in [1.54, 1.807) is 10.1 Å². The van der Waals surface area contributed by atoms with Crippen LogP contribution in [0.15, 0.2) is 23.0 Å². The van der Waals surface area contributed by atoms with Gasteiger partial charge in [-0.05, 0) is 6.07 Å². The topological polar surface area (TPSA) is 30.7 Å². The molecule has 0 amide bonds. The molecular formula is C13H10ClF2N3S. The predicted molar refractivity (Wildman–Crippen MR) is 75.0 cm³/mol. The Balaban J connectivity index is 2.03. The highest BCUT2D eigenvalue weighted by Gasteiger charge is 2.15. The maximum absolute atomic E-state index is 13.7. The van der Waals surface area contributed by atoms with Crippen molar-refractivity contribution in [3.8, 4) is 0 Å². The zero-order valence-corrected chi connectivity index (χ0v) is 11.9. The summed E-state index contributed by atoms with van der Waals surface area (Å²) >= 11 is 7.36. The second-order valence-corrected chi connectivity index (χ2v) is 5.28. The van der Waals surface area contributed by atoms with Gasteiger partial charge in [-0.15, -0.1) is 22.9 Å². The van der Waals surface area contributed by atoms with Crippen LogP contribution in [0.3, 0.4) is 0 Å². The zero-order chi connectivity index (χ0) is 14.1. The first-order valence-electron chi connectivity index (χ1n) is 5.96. The Labute approximate surface area is 122 Å². The van der Waals surface area contributed by atoms with Gasteiger partial charge in [-0.1, -0.05) is 0 Å². The van der Waals surface area contributed by atoms with E-state index in [0.717, 1.165) is 11.8 Å². The van der Waals surface area contributed by atoms with Crippen LogP contribution in [0.25, 0.3) is 11.0 Å². The highest BCUT2D eigenvalue weighted by molar-refractivity contribution is 7.07. The predicted octanol–water partition coefficient (Wildman–Crippen LogP) is 3.75. The van der Waals surface area contributed by atoms with Gasteiger partial charge in [0.25, 0.3) is 0 Å². The third-order valence-corrected chi connectivity index (χ3v) is 3.92. The Morgan fingerprint density at radius 1 is 1.30 bits per heavy atom. The quantitative estimate of drug-likeness (QED) is 0.687. The van der Waals surface area contributed by atoms with Gasteiger partial charge in [-0.25, -0.2) is 18.7 Å². The van der Waals surface area contributed by atoms with Crippen molar-refractivity contribution in [3.05, 3.63) is 46.2 Å². The number of benzene rings is 1. The molecule has 0 aliphatic rings. The third kappa shape index (κ3) is 2.41. The van der Waals surface area contributed by atoms with Crippen LogP contribution < -0.4 is 0 Å².